The number of carbonyl (C=O) groups is 1. The van der Waals surface area contributed by atoms with E-state index in [0.717, 1.165) is 11.1 Å². The van der Waals surface area contributed by atoms with E-state index >= 15 is 0 Å². The largest absolute Gasteiger partial charge is 0.493 e. The predicted octanol–water partition coefficient (Wildman–Crippen LogP) is 2.88. The first-order valence-electron chi connectivity index (χ1n) is 9.20. The third-order valence-electron chi connectivity index (χ3n) is 4.47. The van der Waals surface area contributed by atoms with Gasteiger partial charge in [-0.2, -0.15) is 5.10 Å². The van der Waals surface area contributed by atoms with Gasteiger partial charge in [-0.25, -0.2) is 4.68 Å². The third-order valence-corrected chi connectivity index (χ3v) is 4.47. The molecule has 0 saturated carbocycles. The van der Waals surface area contributed by atoms with Crippen LogP contribution in [0.1, 0.15) is 21.6 Å². The molecule has 3 aromatic rings. The van der Waals surface area contributed by atoms with Gasteiger partial charge in [-0.15, -0.1) is 0 Å². The molecule has 0 aliphatic carbocycles. The van der Waals surface area contributed by atoms with Crippen molar-refractivity contribution in [1.82, 2.24) is 9.78 Å². The first kappa shape index (κ1) is 20.9. The van der Waals surface area contributed by atoms with Crippen LogP contribution in [0.15, 0.2) is 53.3 Å². The highest BCUT2D eigenvalue weighted by molar-refractivity contribution is 6.03. The van der Waals surface area contributed by atoms with Gasteiger partial charge in [-0.05, 0) is 18.6 Å². The van der Waals surface area contributed by atoms with Gasteiger partial charge in [0, 0.05) is 23.9 Å². The Hall–Kier alpha value is -3.81. The highest BCUT2D eigenvalue weighted by Gasteiger charge is 2.16. The molecule has 8 nitrogen and oxygen atoms in total. The van der Waals surface area contributed by atoms with E-state index in [9.17, 15) is 9.59 Å². The number of carbonyl (C=O) groups excluding carboxylic acids is 1. The van der Waals surface area contributed by atoms with Crippen molar-refractivity contribution in [3.8, 4) is 17.2 Å². The van der Waals surface area contributed by atoms with Gasteiger partial charge in [-0.1, -0.05) is 29.8 Å². The van der Waals surface area contributed by atoms with Gasteiger partial charge >= 0.3 is 0 Å². The van der Waals surface area contributed by atoms with Crippen molar-refractivity contribution >= 4 is 11.6 Å². The SMILES string of the molecule is COc1cc(NC(=O)c2ccc(=O)n(Cc3ccc(C)cc3)n2)cc(OC)c1OC. The minimum atomic E-state index is -0.470. The number of methoxy groups -OCH3 is 3. The topological polar surface area (TPSA) is 91.7 Å². The molecular weight excluding hydrogens is 386 g/mol. The number of rotatable bonds is 7. The Labute approximate surface area is 174 Å². The summed E-state index contributed by atoms with van der Waals surface area (Å²) in [6.07, 6.45) is 0. The minimum Gasteiger partial charge on any atom is -0.493 e. The van der Waals surface area contributed by atoms with Gasteiger partial charge in [0.05, 0.1) is 27.9 Å². The lowest BCUT2D eigenvalue weighted by atomic mass is 10.1. The highest BCUT2D eigenvalue weighted by Crippen LogP contribution is 2.39. The normalized spacial score (nSPS) is 10.4. The maximum atomic E-state index is 12.7. The van der Waals surface area contributed by atoms with Crippen molar-refractivity contribution in [2.75, 3.05) is 26.6 Å². The number of hydrogen-bond acceptors (Lipinski definition) is 6. The Morgan fingerprint density at radius 2 is 1.60 bits per heavy atom. The molecule has 30 heavy (non-hydrogen) atoms. The lowest BCUT2D eigenvalue weighted by molar-refractivity contribution is 0.102. The number of benzene rings is 2. The Morgan fingerprint density at radius 1 is 0.967 bits per heavy atom. The van der Waals surface area contributed by atoms with Crippen molar-refractivity contribution < 1.29 is 19.0 Å². The van der Waals surface area contributed by atoms with E-state index in [2.05, 4.69) is 10.4 Å². The molecule has 0 spiro atoms. The van der Waals surface area contributed by atoms with E-state index in [0.29, 0.717) is 22.9 Å². The molecule has 2 aromatic carbocycles. The maximum Gasteiger partial charge on any atom is 0.276 e. The molecule has 1 aromatic heterocycles. The number of nitrogens with zero attached hydrogens (tertiary/aromatic N) is 2. The first-order chi connectivity index (χ1) is 14.4. The van der Waals surface area contributed by atoms with Gasteiger partial charge < -0.3 is 19.5 Å². The van der Waals surface area contributed by atoms with E-state index in [1.54, 1.807) is 12.1 Å². The van der Waals surface area contributed by atoms with Gasteiger partial charge in [0.1, 0.15) is 5.69 Å². The van der Waals surface area contributed by atoms with E-state index in [4.69, 9.17) is 14.2 Å². The predicted molar refractivity (Wildman–Crippen MR) is 113 cm³/mol. The van der Waals surface area contributed by atoms with Crippen LogP contribution in [0.4, 0.5) is 5.69 Å². The Kier molecular flexibility index (Phi) is 6.36. The van der Waals surface area contributed by atoms with Crippen molar-refractivity contribution in [3.05, 3.63) is 75.7 Å². The average Bonchev–Trinajstić information content (AvgIpc) is 2.75. The molecule has 0 aliphatic rings. The van der Waals surface area contributed by atoms with E-state index in [1.807, 2.05) is 31.2 Å². The number of aromatic nitrogens is 2. The zero-order valence-electron chi connectivity index (χ0n) is 17.3. The van der Waals surface area contributed by atoms with Crippen molar-refractivity contribution in [1.29, 1.82) is 0 Å². The number of hydrogen-bond donors (Lipinski definition) is 1. The van der Waals surface area contributed by atoms with Crippen LogP contribution in [-0.4, -0.2) is 37.0 Å². The second kappa shape index (κ2) is 9.13. The summed E-state index contributed by atoms with van der Waals surface area (Å²) >= 11 is 0. The number of nitrogens with one attached hydrogen (secondary N) is 1. The van der Waals surface area contributed by atoms with Gasteiger partial charge in [0.15, 0.2) is 11.5 Å². The average molecular weight is 409 g/mol. The number of ether oxygens (including phenoxy) is 3. The fraction of sp³-hybridized carbons (Fsp3) is 0.227. The molecule has 0 atom stereocenters. The summed E-state index contributed by atoms with van der Waals surface area (Å²) in [4.78, 5) is 24.9. The molecule has 8 heteroatoms. The van der Waals surface area contributed by atoms with Crippen LogP contribution in [-0.2, 0) is 6.54 Å². The van der Waals surface area contributed by atoms with E-state index in [1.165, 1.54) is 38.1 Å². The van der Waals surface area contributed by atoms with Crippen molar-refractivity contribution in [2.24, 2.45) is 0 Å². The fourth-order valence-electron chi connectivity index (χ4n) is 2.90. The highest BCUT2D eigenvalue weighted by atomic mass is 16.5. The number of aryl methyl sites for hydroxylation is 1. The van der Waals surface area contributed by atoms with Crippen LogP contribution in [0.3, 0.4) is 0 Å². The quantitative estimate of drug-likeness (QED) is 0.645. The van der Waals surface area contributed by atoms with Crippen LogP contribution < -0.4 is 25.1 Å². The standard InChI is InChI=1S/C22H23N3O5/c1-14-5-7-15(8-6-14)13-25-20(26)10-9-17(24-25)22(27)23-16-11-18(28-2)21(30-4)19(12-16)29-3/h5-12H,13H2,1-4H3,(H,23,27). The third kappa shape index (κ3) is 4.60. The zero-order valence-corrected chi connectivity index (χ0v) is 17.3. The number of amides is 1. The van der Waals surface area contributed by atoms with Crippen LogP contribution >= 0.6 is 0 Å². The molecule has 0 unspecified atom stereocenters. The summed E-state index contributed by atoms with van der Waals surface area (Å²) in [5.74, 6) is 0.763. The molecule has 0 radical (unpaired) electrons. The minimum absolute atomic E-state index is 0.107. The Bertz CT molecular complexity index is 1080. The van der Waals surface area contributed by atoms with E-state index in [-0.39, 0.29) is 17.8 Å². The maximum absolute atomic E-state index is 12.7. The van der Waals surface area contributed by atoms with Gasteiger partial charge in [0.25, 0.3) is 11.5 Å². The summed E-state index contributed by atoms with van der Waals surface area (Å²) in [5.41, 5.74) is 2.29. The molecule has 156 valence electrons. The lowest BCUT2D eigenvalue weighted by Crippen LogP contribution is -2.26. The second-order valence-electron chi connectivity index (χ2n) is 6.57. The Balaban J connectivity index is 1.85. The molecule has 0 fully saturated rings. The zero-order chi connectivity index (χ0) is 21.7. The van der Waals surface area contributed by atoms with Crippen LogP contribution in [0.5, 0.6) is 17.2 Å². The molecule has 1 N–H and O–H groups in total. The summed E-state index contributed by atoms with van der Waals surface area (Å²) in [6, 6.07) is 13.7. The van der Waals surface area contributed by atoms with Crippen molar-refractivity contribution in [3.63, 3.8) is 0 Å². The van der Waals surface area contributed by atoms with Gasteiger partial charge in [-0.3, -0.25) is 9.59 Å². The molecule has 3 rings (SSSR count). The summed E-state index contributed by atoms with van der Waals surface area (Å²) < 4.78 is 17.1. The Morgan fingerprint density at radius 3 is 2.17 bits per heavy atom. The van der Waals surface area contributed by atoms with Gasteiger partial charge in [0.2, 0.25) is 5.75 Å². The first-order valence-corrected chi connectivity index (χ1v) is 9.20. The molecule has 0 aliphatic heterocycles. The second-order valence-corrected chi connectivity index (χ2v) is 6.57. The molecule has 1 amide bonds. The monoisotopic (exact) mass is 409 g/mol. The lowest BCUT2D eigenvalue weighted by Gasteiger charge is -2.14. The smallest absolute Gasteiger partial charge is 0.276 e. The summed E-state index contributed by atoms with van der Waals surface area (Å²) in [6.45, 7) is 2.26. The van der Waals surface area contributed by atoms with Crippen molar-refractivity contribution in [2.45, 2.75) is 13.5 Å². The van der Waals surface area contributed by atoms with E-state index < -0.39 is 5.91 Å². The molecular formula is C22H23N3O5. The molecule has 0 bridgehead atoms. The fourth-order valence-corrected chi connectivity index (χ4v) is 2.90. The number of anilines is 1. The molecule has 1 heterocycles. The summed E-state index contributed by atoms with van der Waals surface area (Å²) in [5, 5.41) is 6.95. The molecule has 0 saturated heterocycles. The van der Waals surface area contributed by atoms with Crippen LogP contribution in [0, 0.1) is 6.92 Å². The summed E-state index contributed by atoms with van der Waals surface area (Å²) in [7, 11) is 4.48. The van der Waals surface area contributed by atoms with Crippen LogP contribution in [0.25, 0.3) is 0 Å². The van der Waals surface area contributed by atoms with Crippen LogP contribution in [0.2, 0.25) is 0 Å².